The molecule has 1 atom stereocenters. The molecule has 192 valence electrons. The number of thiazole rings is 1. The summed E-state index contributed by atoms with van der Waals surface area (Å²) in [6.07, 6.45) is 0.445. The highest BCUT2D eigenvalue weighted by atomic mass is 32.2. The van der Waals surface area contributed by atoms with Crippen molar-refractivity contribution in [3.8, 4) is 6.07 Å². The summed E-state index contributed by atoms with van der Waals surface area (Å²) < 4.78 is 0. The summed E-state index contributed by atoms with van der Waals surface area (Å²) in [5.41, 5.74) is 0.696. The fraction of sp³-hybridized carbons (Fsp3) is 0.320. The second-order valence-corrected chi connectivity index (χ2v) is 10.8. The van der Waals surface area contributed by atoms with Gasteiger partial charge in [-0.05, 0) is 36.5 Å². The van der Waals surface area contributed by atoms with Gasteiger partial charge in [0.2, 0.25) is 0 Å². The van der Waals surface area contributed by atoms with Crippen molar-refractivity contribution >= 4 is 45.8 Å². The number of amides is 1. The van der Waals surface area contributed by atoms with E-state index >= 15 is 0 Å². The van der Waals surface area contributed by atoms with Crippen LogP contribution in [0.25, 0.3) is 0 Å². The molecule has 0 aliphatic carbocycles. The minimum atomic E-state index is -1.09. The molecular formula is C25H28N8O2S2. The largest absolute Gasteiger partial charge is 0.383 e. The van der Waals surface area contributed by atoms with Crippen LogP contribution in [-0.4, -0.2) is 83.1 Å². The lowest BCUT2D eigenvalue weighted by molar-refractivity contribution is -0.125. The first-order valence-electron chi connectivity index (χ1n) is 11.6. The van der Waals surface area contributed by atoms with Crippen LogP contribution in [0.15, 0.2) is 58.7 Å². The molecule has 1 saturated heterocycles. The van der Waals surface area contributed by atoms with Gasteiger partial charge in [-0.2, -0.15) is 5.26 Å². The first-order chi connectivity index (χ1) is 17.7. The van der Waals surface area contributed by atoms with E-state index in [1.165, 1.54) is 34.2 Å². The van der Waals surface area contributed by atoms with Crippen LogP contribution in [0.4, 0.5) is 16.8 Å². The smallest absolute Gasteiger partial charge is 0.251 e. The molecule has 0 radical (unpaired) electrons. The van der Waals surface area contributed by atoms with Crippen molar-refractivity contribution in [2.45, 2.75) is 16.2 Å². The Hall–Kier alpha value is -3.50. The average molecular weight is 537 g/mol. The first kappa shape index (κ1) is 26.6. The van der Waals surface area contributed by atoms with E-state index < -0.39 is 6.10 Å². The van der Waals surface area contributed by atoms with Gasteiger partial charge in [0.05, 0.1) is 6.20 Å². The van der Waals surface area contributed by atoms with E-state index in [2.05, 4.69) is 44.8 Å². The first-order valence-corrected chi connectivity index (χ1v) is 13.2. The summed E-state index contributed by atoms with van der Waals surface area (Å²) in [5.74, 6) is 1.09. The Morgan fingerprint density at radius 1 is 1.24 bits per heavy atom. The van der Waals surface area contributed by atoms with Crippen LogP contribution in [0.1, 0.15) is 16.5 Å². The summed E-state index contributed by atoms with van der Waals surface area (Å²) in [5, 5.41) is 24.0. The van der Waals surface area contributed by atoms with Gasteiger partial charge in [0.15, 0.2) is 10.3 Å². The van der Waals surface area contributed by atoms with Gasteiger partial charge in [-0.1, -0.05) is 30.0 Å². The van der Waals surface area contributed by atoms with Crippen LogP contribution in [-0.2, 0) is 4.79 Å². The standard InChI is InChI=1S/C25H28N8O2S2/c1-16(23(35)31(2)3)22(34)17-5-7-18(8-6-17)36-25-29-20(28-24-27-15-19(14-26)37-24)13-21(30-25)33-11-9-32(4)10-12-33/h5-8,13,15,22,34H,1,9-12H2,2-4H3,(H,27,28,29,30). The Bertz CT molecular complexity index is 1310. The maximum atomic E-state index is 12.1. The summed E-state index contributed by atoms with van der Waals surface area (Å²) in [6, 6.07) is 11.2. The molecule has 0 saturated carbocycles. The summed E-state index contributed by atoms with van der Waals surface area (Å²) in [4.78, 5) is 33.2. The molecule has 4 rings (SSSR count). The lowest BCUT2D eigenvalue weighted by Crippen LogP contribution is -2.44. The molecule has 10 nitrogen and oxygen atoms in total. The van der Waals surface area contributed by atoms with E-state index in [9.17, 15) is 9.90 Å². The van der Waals surface area contributed by atoms with Gasteiger partial charge in [-0.15, -0.1) is 0 Å². The Labute approximate surface area is 224 Å². The number of piperazine rings is 1. The number of nitriles is 1. The van der Waals surface area contributed by atoms with Crippen LogP contribution < -0.4 is 10.2 Å². The van der Waals surface area contributed by atoms with Crippen molar-refractivity contribution in [1.29, 1.82) is 5.26 Å². The van der Waals surface area contributed by atoms with Gasteiger partial charge in [0.1, 0.15) is 28.7 Å². The van der Waals surface area contributed by atoms with Crippen molar-refractivity contribution in [2.75, 3.05) is 57.5 Å². The fourth-order valence-electron chi connectivity index (χ4n) is 3.64. The quantitative estimate of drug-likeness (QED) is 0.328. The highest BCUT2D eigenvalue weighted by Gasteiger charge is 2.21. The average Bonchev–Trinajstić information content (AvgIpc) is 3.35. The molecule has 1 aliphatic rings. The van der Waals surface area contributed by atoms with Crippen molar-refractivity contribution < 1.29 is 9.90 Å². The van der Waals surface area contributed by atoms with Crippen molar-refractivity contribution in [3.05, 3.63) is 59.1 Å². The highest BCUT2D eigenvalue weighted by molar-refractivity contribution is 7.99. The molecule has 3 aromatic rings. The van der Waals surface area contributed by atoms with E-state index in [-0.39, 0.29) is 11.5 Å². The number of aliphatic hydroxyl groups excluding tert-OH is 1. The molecule has 3 heterocycles. The fourth-order valence-corrected chi connectivity index (χ4v) is 5.03. The van der Waals surface area contributed by atoms with E-state index in [4.69, 9.17) is 10.2 Å². The molecule has 1 fully saturated rings. The van der Waals surface area contributed by atoms with Crippen LogP contribution in [0.3, 0.4) is 0 Å². The molecule has 1 aliphatic heterocycles. The molecule has 2 N–H and O–H groups in total. The van der Waals surface area contributed by atoms with Gasteiger partial charge >= 0.3 is 0 Å². The van der Waals surface area contributed by atoms with Gasteiger partial charge in [-0.3, -0.25) is 4.79 Å². The number of anilines is 3. The number of rotatable bonds is 8. The predicted octanol–water partition coefficient (Wildman–Crippen LogP) is 3.13. The summed E-state index contributed by atoms with van der Waals surface area (Å²) in [6.45, 7) is 7.35. The second-order valence-electron chi connectivity index (χ2n) is 8.75. The number of carbonyl (C=O) groups excluding carboxylic acids is 1. The molecule has 1 amide bonds. The Morgan fingerprint density at radius 3 is 2.57 bits per heavy atom. The number of aliphatic hydroxyl groups is 1. The van der Waals surface area contributed by atoms with Crippen molar-refractivity contribution in [1.82, 2.24) is 24.8 Å². The molecule has 37 heavy (non-hydrogen) atoms. The van der Waals surface area contributed by atoms with E-state index in [1.807, 2.05) is 18.2 Å². The molecule has 12 heteroatoms. The maximum absolute atomic E-state index is 12.1. The molecule has 0 bridgehead atoms. The molecule has 0 spiro atoms. The zero-order valence-corrected chi connectivity index (χ0v) is 22.5. The number of hydrogen-bond acceptors (Lipinski definition) is 11. The highest BCUT2D eigenvalue weighted by Crippen LogP contribution is 2.31. The minimum Gasteiger partial charge on any atom is -0.383 e. The molecule has 2 aromatic heterocycles. The van der Waals surface area contributed by atoms with Gasteiger partial charge in [0.25, 0.3) is 5.91 Å². The second kappa shape index (κ2) is 11.7. The number of benzene rings is 1. The van der Waals surface area contributed by atoms with E-state index in [0.29, 0.717) is 26.5 Å². The van der Waals surface area contributed by atoms with Crippen LogP contribution in [0.2, 0.25) is 0 Å². The van der Waals surface area contributed by atoms with Gasteiger partial charge in [-0.25, -0.2) is 15.0 Å². The van der Waals surface area contributed by atoms with Crippen LogP contribution in [0, 0.1) is 11.3 Å². The lowest BCUT2D eigenvalue weighted by atomic mass is 10.0. The third-order valence-corrected chi connectivity index (χ3v) is 7.48. The number of carbonyl (C=O) groups is 1. The normalized spacial score (nSPS) is 14.6. The predicted molar refractivity (Wildman–Crippen MR) is 145 cm³/mol. The number of aromatic nitrogens is 3. The number of likely N-dealkylation sites (N-methyl/N-ethyl adjacent to an activating group) is 2. The van der Waals surface area contributed by atoms with Crippen molar-refractivity contribution in [2.24, 2.45) is 0 Å². The summed E-state index contributed by atoms with van der Waals surface area (Å²) in [7, 11) is 5.35. The van der Waals surface area contributed by atoms with Crippen LogP contribution >= 0.6 is 23.1 Å². The SMILES string of the molecule is C=C(C(=O)N(C)C)C(O)c1ccc(Sc2nc(Nc3ncc(C#N)s3)cc(N3CCN(C)CC3)n2)cc1. The van der Waals surface area contributed by atoms with Gasteiger partial charge in [0, 0.05) is 56.8 Å². The van der Waals surface area contributed by atoms with Gasteiger partial charge < -0.3 is 25.1 Å². The number of hydrogen-bond donors (Lipinski definition) is 2. The topological polar surface area (TPSA) is 122 Å². The Balaban J connectivity index is 1.55. The lowest BCUT2D eigenvalue weighted by Gasteiger charge is -2.33. The zero-order chi connectivity index (χ0) is 26.5. The monoisotopic (exact) mass is 536 g/mol. The molecular weight excluding hydrogens is 508 g/mol. The molecule has 1 aromatic carbocycles. The number of nitrogens with zero attached hydrogens (tertiary/aromatic N) is 7. The van der Waals surface area contributed by atoms with E-state index in [1.54, 1.807) is 26.2 Å². The number of nitrogens with one attached hydrogen (secondary N) is 1. The molecule has 1 unspecified atom stereocenters. The van der Waals surface area contributed by atoms with E-state index in [0.717, 1.165) is 36.9 Å². The summed E-state index contributed by atoms with van der Waals surface area (Å²) >= 11 is 2.65. The minimum absolute atomic E-state index is 0.117. The maximum Gasteiger partial charge on any atom is 0.251 e. The van der Waals surface area contributed by atoms with Crippen LogP contribution in [0.5, 0.6) is 0 Å². The van der Waals surface area contributed by atoms with Crippen molar-refractivity contribution in [3.63, 3.8) is 0 Å². The third-order valence-electron chi connectivity index (χ3n) is 5.79. The zero-order valence-electron chi connectivity index (χ0n) is 20.9. The Kier molecular flexibility index (Phi) is 8.40. The Morgan fingerprint density at radius 2 is 1.95 bits per heavy atom. The third kappa shape index (κ3) is 6.64.